The van der Waals surface area contributed by atoms with Crippen LogP contribution in [0.1, 0.15) is 12.0 Å². The molecule has 10 nitrogen and oxygen atoms in total. The van der Waals surface area contributed by atoms with Crippen LogP contribution in [-0.4, -0.2) is 70.6 Å². The van der Waals surface area contributed by atoms with Crippen LogP contribution in [0.5, 0.6) is 11.6 Å². The molecule has 10 heteroatoms. The lowest BCUT2D eigenvalue weighted by Gasteiger charge is -2.34. The van der Waals surface area contributed by atoms with Gasteiger partial charge in [0.15, 0.2) is 11.5 Å². The number of benzene rings is 1. The summed E-state index contributed by atoms with van der Waals surface area (Å²) < 4.78 is 18.9. The quantitative estimate of drug-likeness (QED) is 0.423. The van der Waals surface area contributed by atoms with Crippen molar-refractivity contribution >= 4 is 22.8 Å². The lowest BCUT2D eigenvalue weighted by Crippen LogP contribution is -2.44. The smallest absolute Gasteiger partial charge is 0.216 e. The molecular weight excluding hydrogens is 460 g/mol. The van der Waals surface area contributed by atoms with Gasteiger partial charge in [-0.1, -0.05) is 0 Å². The maximum absolute atomic E-state index is 9.50. The molecule has 1 saturated heterocycles. The fraction of sp³-hybridized carbons (Fsp3) is 0.346. The topological polar surface area (TPSA) is 106 Å². The van der Waals surface area contributed by atoms with Gasteiger partial charge in [-0.3, -0.25) is 0 Å². The van der Waals surface area contributed by atoms with Crippen molar-refractivity contribution in [1.29, 1.82) is 0 Å². The first-order valence-electron chi connectivity index (χ1n) is 12.1. The number of imidazole rings is 1. The van der Waals surface area contributed by atoms with Crippen LogP contribution in [-0.2, 0) is 11.2 Å². The molecule has 0 saturated carbocycles. The molecule has 1 atom stereocenters. The number of aliphatic hydroxyl groups excluding tert-OH is 1. The Bertz CT molecular complexity index is 1390. The number of anilines is 3. The molecule has 0 bridgehead atoms. The Morgan fingerprint density at radius 2 is 2.17 bits per heavy atom. The summed E-state index contributed by atoms with van der Waals surface area (Å²) in [5.74, 6) is 2.07. The number of aromatic nitrogens is 4. The zero-order valence-electron chi connectivity index (χ0n) is 20.1. The fourth-order valence-corrected chi connectivity index (χ4v) is 4.73. The largest absolute Gasteiger partial charge is 0.495 e. The summed E-state index contributed by atoms with van der Waals surface area (Å²) in [6, 6.07) is 8.06. The Kier molecular flexibility index (Phi) is 6.04. The van der Waals surface area contributed by atoms with Gasteiger partial charge in [-0.05, 0) is 31.0 Å². The standard InChI is InChI=1S/C26H28N6O4/c1-34-23-12-19(4-5-22(23)31-8-10-35-20(14-31)16-33)29-24-25-27-6-7-32(25)15-21(30-24)18-11-17-3-2-9-36-26(17)28-13-18/h4-7,11-13,15,20,33H,2-3,8-10,14,16H2,1H3,(H,29,30)/t20-/m1/s1. The molecule has 0 amide bonds. The highest BCUT2D eigenvalue weighted by Gasteiger charge is 2.23. The Hall–Kier alpha value is -3.89. The molecule has 5 heterocycles. The molecule has 36 heavy (non-hydrogen) atoms. The zero-order chi connectivity index (χ0) is 24.5. The summed E-state index contributed by atoms with van der Waals surface area (Å²) in [5.41, 5.74) is 5.32. The number of fused-ring (bicyclic) bond motifs is 2. The highest BCUT2D eigenvalue weighted by atomic mass is 16.5. The average molecular weight is 489 g/mol. The monoisotopic (exact) mass is 488 g/mol. The van der Waals surface area contributed by atoms with Crippen LogP contribution in [0.2, 0.25) is 0 Å². The molecule has 2 aliphatic heterocycles. The fourth-order valence-electron chi connectivity index (χ4n) is 4.73. The number of ether oxygens (including phenoxy) is 3. The number of rotatable bonds is 6. The number of nitrogens with zero attached hydrogens (tertiary/aromatic N) is 5. The van der Waals surface area contributed by atoms with E-state index in [0.29, 0.717) is 31.5 Å². The van der Waals surface area contributed by atoms with Gasteiger partial charge in [0, 0.05) is 60.8 Å². The van der Waals surface area contributed by atoms with Gasteiger partial charge in [0.2, 0.25) is 5.88 Å². The van der Waals surface area contributed by atoms with E-state index in [9.17, 15) is 5.11 Å². The molecule has 2 aliphatic rings. The van der Waals surface area contributed by atoms with E-state index < -0.39 is 0 Å². The summed E-state index contributed by atoms with van der Waals surface area (Å²) in [4.78, 5) is 16.1. The van der Waals surface area contributed by atoms with Crippen LogP contribution < -0.4 is 19.7 Å². The number of aryl methyl sites for hydroxylation is 1. The van der Waals surface area contributed by atoms with Crippen LogP contribution in [0.4, 0.5) is 17.2 Å². The minimum Gasteiger partial charge on any atom is -0.495 e. The number of methoxy groups -OCH3 is 1. The van der Waals surface area contributed by atoms with Crippen molar-refractivity contribution in [3.8, 4) is 22.9 Å². The van der Waals surface area contributed by atoms with E-state index in [-0.39, 0.29) is 12.7 Å². The number of pyridine rings is 1. The Balaban J connectivity index is 1.32. The van der Waals surface area contributed by atoms with Crippen LogP contribution in [0.25, 0.3) is 16.9 Å². The van der Waals surface area contributed by atoms with Crippen LogP contribution in [0.15, 0.2) is 49.1 Å². The van der Waals surface area contributed by atoms with E-state index in [2.05, 4.69) is 26.3 Å². The minimum absolute atomic E-state index is 0.00641. The van der Waals surface area contributed by atoms with E-state index in [0.717, 1.165) is 59.0 Å². The second-order valence-electron chi connectivity index (χ2n) is 8.91. The predicted octanol–water partition coefficient (Wildman–Crippen LogP) is 3.07. The number of morpholine rings is 1. The molecule has 0 spiro atoms. The van der Waals surface area contributed by atoms with Gasteiger partial charge in [0.25, 0.3) is 0 Å². The summed E-state index contributed by atoms with van der Waals surface area (Å²) in [6.07, 6.45) is 9.15. The molecule has 4 aromatic rings. The predicted molar refractivity (Wildman–Crippen MR) is 135 cm³/mol. The lowest BCUT2D eigenvalue weighted by molar-refractivity contribution is 0.00347. The van der Waals surface area contributed by atoms with Gasteiger partial charge in [-0.2, -0.15) is 0 Å². The molecule has 1 fully saturated rings. The summed E-state index contributed by atoms with van der Waals surface area (Å²) >= 11 is 0. The minimum atomic E-state index is -0.202. The third-order valence-corrected chi connectivity index (χ3v) is 6.55. The first-order chi connectivity index (χ1) is 17.7. The van der Waals surface area contributed by atoms with Crippen molar-refractivity contribution in [1.82, 2.24) is 19.4 Å². The van der Waals surface area contributed by atoms with Gasteiger partial charge in [0.05, 0.1) is 44.4 Å². The van der Waals surface area contributed by atoms with E-state index in [1.807, 2.05) is 35.0 Å². The first-order valence-corrected chi connectivity index (χ1v) is 12.1. The number of hydrogen-bond acceptors (Lipinski definition) is 9. The van der Waals surface area contributed by atoms with Crippen LogP contribution in [0.3, 0.4) is 0 Å². The lowest BCUT2D eigenvalue weighted by atomic mass is 10.1. The van der Waals surface area contributed by atoms with Crippen molar-refractivity contribution < 1.29 is 19.3 Å². The number of aliphatic hydroxyl groups is 1. The first kappa shape index (κ1) is 22.6. The molecule has 186 valence electrons. The van der Waals surface area contributed by atoms with E-state index in [4.69, 9.17) is 19.2 Å². The second kappa shape index (κ2) is 9.63. The van der Waals surface area contributed by atoms with Crippen LogP contribution in [0, 0.1) is 0 Å². The van der Waals surface area contributed by atoms with Gasteiger partial charge >= 0.3 is 0 Å². The van der Waals surface area contributed by atoms with Gasteiger partial charge in [-0.25, -0.2) is 15.0 Å². The van der Waals surface area contributed by atoms with Crippen molar-refractivity contribution in [2.75, 3.05) is 50.2 Å². The van der Waals surface area contributed by atoms with Crippen molar-refractivity contribution in [3.63, 3.8) is 0 Å². The molecule has 0 aliphatic carbocycles. The van der Waals surface area contributed by atoms with E-state index >= 15 is 0 Å². The second-order valence-corrected chi connectivity index (χ2v) is 8.91. The van der Waals surface area contributed by atoms with Gasteiger partial charge in [-0.15, -0.1) is 0 Å². The maximum Gasteiger partial charge on any atom is 0.216 e. The molecule has 6 rings (SSSR count). The van der Waals surface area contributed by atoms with Crippen molar-refractivity contribution in [3.05, 3.63) is 54.6 Å². The molecular formula is C26H28N6O4. The SMILES string of the molecule is COc1cc(Nc2nc(-c3cnc4c(c3)CCCO4)cn3ccnc23)ccc1N1CCO[C@@H](CO)C1. The summed E-state index contributed by atoms with van der Waals surface area (Å²) in [6.45, 7) is 2.61. The average Bonchev–Trinajstić information content (AvgIpc) is 3.42. The highest BCUT2D eigenvalue weighted by molar-refractivity contribution is 5.76. The number of nitrogens with one attached hydrogen (secondary N) is 1. The third-order valence-electron chi connectivity index (χ3n) is 6.55. The Morgan fingerprint density at radius 3 is 3.06 bits per heavy atom. The third kappa shape index (κ3) is 4.29. The normalized spacial score (nSPS) is 17.5. The molecule has 3 aromatic heterocycles. The summed E-state index contributed by atoms with van der Waals surface area (Å²) in [7, 11) is 1.66. The Labute approximate surface area is 208 Å². The molecule has 0 unspecified atom stereocenters. The van der Waals surface area contributed by atoms with E-state index in [1.54, 1.807) is 19.5 Å². The zero-order valence-corrected chi connectivity index (χ0v) is 20.1. The number of hydrogen-bond donors (Lipinski definition) is 2. The molecule has 2 N–H and O–H groups in total. The molecule has 1 aromatic carbocycles. The van der Waals surface area contributed by atoms with Gasteiger partial charge < -0.3 is 33.9 Å². The molecule has 0 radical (unpaired) electrons. The van der Waals surface area contributed by atoms with E-state index in [1.165, 1.54) is 0 Å². The Morgan fingerprint density at radius 1 is 1.22 bits per heavy atom. The highest BCUT2D eigenvalue weighted by Crippen LogP contribution is 2.34. The summed E-state index contributed by atoms with van der Waals surface area (Å²) in [5, 5.41) is 12.9. The van der Waals surface area contributed by atoms with Gasteiger partial charge in [0.1, 0.15) is 5.75 Å². The van der Waals surface area contributed by atoms with Crippen molar-refractivity contribution in [2.45, 2.75) is 18.9 Å². The van der Waals surface area contributed by atoms with Crippen LogP contribution >= 0.6 is 0 Å². The maximum atomic E-state index is 9.50. The van der Waals surface area contributed by atoms with Crippen molar-refractivity contribution in [2.24, 2.45) is 0 Å².